The maximum atomic E-state index is 15.0. The molecule has 0 bridgehead atoms. The summed E-state index contributed by atoms with van der Waals surface area (Å²) in [7, 11) is -2.00. The Bertz CT molecular complexity index is 1370. The number of rotatable bonds is 6. The summed E-state index contributed by atoms with van der Waals surface area (Å²) in [5, 5.41) is 2.51. The van der Waals surface area contributed by atoms with Crippen molar-refractivity contribution in [3.8, 4) is 11.1 Å². The first-order valence-electron chi connectivity index (χ1n) is 10.6. The summed E-state index contributed by atoms with van der Waals surface area (Å²) < 4.78 is 49.9. The monoisotopic (exact) mass is 492 g/mol. The third-order valence-electron chi connectivity index (χ3n) is 5.71. The van der Waals surface area contributed by atoms with E-state index in [0.29, 0.717) is 30.2 Å². The van der Waals surface area contributed by atoms with Gasteiger partial charge in [0.25, 0.3) is 10.0 Å². The van der Waals surface area contributed by atoms with E-state index in [9.17, 15) is 22.4 Å². The quantitative estimate of drug-likeness (QED) is 0.542. The molecule has 1 amide bonds. The molecule has 1 saturated heterocycles. The second-order valence-electron chi connectivity index (χ2n) is 8.02. The van der Waals surface area contributed by atoms with Crippen LogP contribution in [0.25, 0.3) is 11.1 Å². The summed E-state index contributed by atoms with van der Waals surface area (Å²) in [4.78, 5) is 29.1. The molecule has 1 fully saturated rings. The smallest absolute Gasteiger partial charge is 0.365 e. The molecule has 11 nitrogen and oxygen atoms in total. The summed E-state index contributed by atoms with van der Waals surface area (Å²) in [6.07, 6.45) is 2.88. The lowest BCUT2D eigenvalue weighted by atomic mass is 10.1. The van der Waals surface area contributed by atoms with Crippen molar-refractivity contribution in [1.29, 1.82) is 0 Å². The van der Waals surface area contributed by atoms with Crippen LogP contribution in [-0.4, -0.2) is 59.1 Å². The van der Waals surface area contributed by atoms with Gasteiger partial charge in [0.1, 0.15) is 18.3 Å². The molecule has 2 aromatic heterocycles. The van der Waals surface area contributed by atoms with Gasteiger partial charge in [-0.15, -0.1) is 0 Å². The van der Waals surface area contributed by atoms with Gasteiger partial charge in [-0.2, -0.15) is 9.05 Å². The molecule has 0 radical (unpaired) electrons. The van der Waals surface area contributed by atoms with Gasteiger partial charge in [0.15, 0.2) is 5.03 Å². The first-order chi connectivity index (χ1) is 16.1. The Morgan fingerprint density at radius 2 is 1.91 bits per heavy atom. The van der Waals surface area contributed by atoms with Crippen LogP contribution in [0.15, 0.2) is 44.9 Å². The van der Waals surface area contributed by atoms with Crippen molar-refractivity contribution in [1.82, 2.24) is 23.9 Å². The van der Waals surface area contributed by atoms with Crippen molar-refractivity contribution in [2.24, 2.45) is 7.05 Å². The van der Waals surface area contributed by atoms with Gasteiger partial charge >= 0.3 is 5.63 Å². The van der Waals surface area contributed by atoms with Gasteiger partial charge in [-0.05, 0) is 24.6 Å². The first-order valence-corrected chi connectivity index (χ1v) is 12.0. The molecule has 0 atom stereocenters. The number of hydrogen-bond acceptors (Lipinski definition) is 7. The van der Waals surface area contributed by atoms with E-state index >= 15 is 0 Å². The van der Waals surface area contributed by atoms with Crippen LogP contribution >= 0.6 is 0 Å². The third kappa shape index (κ3) is 4.61. The molecule has 0 unspecified atom stereocenters. The number of benzene rings is 1. The SMILES string of the molecule is CC(=O)NCn1cc(-c2ccc(N3CCN(S(=O)(=O)c4cn(C)c(C)n4)CC3)c(F)c2)c(=O)o1. The molecule has 4 rings (SSSR count). The van der Waals surface area contributed by atoms with Gasteiger partial charge in [0, 0.05) is 46.3 Å². The molecule has 0 saturated carbocycles. The number of anilines is 1. The number of carbonyl (C=O) groups excluding carboxylic acids is 1. The number of sulfonamides is 1. The van der Waals surface area contributed by atoms with Crippen LogP contribution < -0.4 is 15.8 Å². The van der Waals surface area contributed by atoms with Crippen LogP contribution in [0.2, 0.25) is 0 Å². The van der Waals surface area contributed by atoms with E-state index in [1.807, 2.05) is 0 Å². The molecule has 34 heavy (non-hydrogen) atoms. The molecule has 1 aliphatic heterocycles. The second-order valence-corrected chi connectivity index (χ2v) is 9.91. The van der Waals surface area contributed by atoms with Crippen molar-refractivity contribution in [3.05, 3.63) is 52.7 Å². The average molecular weight is 493 g/mol. The first kappa shape index (κ1) is 23.7. The summed E-state index contributed by atoms with van der Waals surface area (Å²) in [5.41, 5.74) is 0.165. The fourth-order valence-electron chi connectivity index (χ4n) is 3.72. The van der Waals surface area contributed by atoms with Gasteiger partial charge in [-0.3, -0.25) is 4.79 Å². The van der Waals surface area contributed by atoms with E-state index in [1.54, 1.807) is 35.6 Å². The summed E-state index contributed by atoms with van der Waals surface area (Å²) in [5.74, 6) is -0.224. The van der Waals surface area contributed by atoms with Gasteiger partial charge in [-0.25, -0.2) is 22.6 Å². The van der Waals surface area contributed by atoms with Crippen molar-refractivity contribution in [3.63, 3.8) is 0 Å². The predicted molar refractivity (Wildman–Crippen MR) is 121 cm³/mol. The zero-order valence-corrected chi connectivity index (χ0v) is 19.8. The number of nitrogens with one attached hydrogen (secondary N) is 1. The molecule has 1 aromatic carbocycles. The fraction of sp³-hybridized carbons (Fsp3) is 0.381. The maximum Gasteiger partial charge on any atom is 0.365 e. The molecule has 182 valence electrons. The van der Waals surface area contributed by atoms with Gasteiger partial charge in [0.2, 0.25) is 5.91 Å². The van der Waals surface area contributed by atoms with Crippen molar-refractivity contribution in [2.75, 3.05) is 31.1 Å². The number of aryl methyl sites for hydroxylation is 2. The Balaban J connectivity index is 1.47. The Morgan fingerprint density at radius 1 is 1.21 bits per heavy atom. The number of halogens is 1. The summed E-state index contributed by atoms with van der Waals surface area (Å²) >= 11 is 0. The van der Waals surface area contributed by atoms with Crippen LogP contribution in [-0.2, 0) is 28.5 Å². The number of amides is 1. The normalized spacial score (nSPS) is 15.0. The lowest BCUT2D eigenvalue weighted by Gasteiger charge is -2.35. The highest BCUT2D eigenvalue weighted by Gasteiger charge is 2.31. The molecule has 1 aliphatic rings. The Labute approximate surface area is 195 Å². The van der Waals surface area contributed by atoms with Gasteiger partial charge < -0.3 is 19.3 Å². The van der Waals surface area contributed by atoms with Crippen LogP contribution in [0.5, 0.6) is 0 Å². The largest absolute Gasteiger partial charge is 0.367 e. The zero-order chi connectivity index (χ0) is 24.6. The van der Waals surface area contributed by atoms with E-state index in [0.717, 1.165) is 4.74 Å². The Morgan fingerprint density at radius 3 is 2.50 bits per heavy atom. The number of piperazine rings is 1. The molecular weight excluding hydrogens is 467 g/mol. The zero-order valence-electron chi connectivity index (χ0n) is 19.0. The van der Waals surface area contributed by atoms with E-state index in [2.05, 4.69) is 10.3 Å². The number of imidazole rings is 1. The second kappa shape index (κ2) is 9.06. The minimum Gasteiger partial charge on any atom is -0.367 e. The standard InChI is InChI=1S/C21H25FN6O5S/c1-14-24-20(12-25(14)3)34(31,32)28-8-6-26(7-9-28)19-5-4-16(10-18(19)22)17-11-27(33-21(17)30)13-23-15(2)29/h4-5,10-12H,6-9,13H2,1-3H3,(H,23,29). The van der Waals surface area contributed by atoms with Crippen molar-refractivity contribution >= 4 is 21.6 Å². The minimum absolute atomic E-state index is 0.000699. The Hall–Kier alpha value is -3.45. The van der Waals surface area contributed by atoms with E-state index in [1.165, 1.54) is 29.7 Å². The summed E-state index contributed by atoms with van der Waals surface area (Å²) in [6.45, 7) is 4.03. The van der Waals surface area contributed by atoms with Crippen LogP contribution in [0.3, 0.4) is 0 Å². The van der Waals surface area contributed by atoms with Gasteiger partial charge in [-0.1, -0.05) is 6.07 Å². The number of carbonyl (C=O) groups is 1. The predicted octanol–water partition coefficient (Wildman–Crippen LogP) is 0.894. The minimum atomic E-state index is -3.73. The number of hydrogen-bond donors (Lipinski definition) is 1. The number of nitrogens with zero attached hydrogens (tertiary/aromatic N) is 5. The third-order valence-corrected chi connectivity index (χ3v) is 7.48. The van der Waals surface area contributed by atoms with Gasteiger partial charge in [0.05, 0.1) is 17.4 Å². The highest BCUT2D eigenvalue weighted by Crippen LogP contribution is 2.27. The lowest BCUT2D eigenvalue weighted by molar-refractivity contribution is -0.119. The Kier molecular flexibility index (Phi) is 6.32. The summed E-state index contributed by atoms with van der Waals surface area (Å²) in [6, 6.07) is 4.40. The van der Waals surface area contributed by atoms with Crippen LogP contribution in [0.1, 0.15) is 12.7 Å². The van der Waals surface area contributed by atoms with E-state index < -0.39 is 21.5 Å². The van der Waals surface area contributed by atoms with Crippen LogP contribution in [0.4, 0.5) is 10.1 Å². The highest BCUT2D eigenvalue weighted by molar-refractivity contribution is 7.89. The molecule has 0 spiro atoms. The van der Waals surface area contributed by atoms with Crippen molar-refractivity contribution in [2.45, 2.75) is 25.5 Å². The van der Waals surface area contributed by atoms with Crippen LogP contribution in [0, 0.1) is 12.7 Å². The molecule has 13 heteroatoms. The lowest BCUT2D eigenvalue weighted by Crippen LogP contribution is -2.49. The molecule has 0 aliphatic carbocycles. The number of aromatic nitrogens is 3. The van der Waals surface area contributed by atoms with E-state index in [-0.39, 0.29) is 36.3 Å². The molecule has 1 N–H and O–H groups in total. The molecule has 3 heterocycles. The topological polar surface area (TPSA) is 123 Å². The van der Waals surface area contributed by atoms with E-state index in [4.69, 9.17) is 4.52 Å². The fourth-order valence-corrected chi connectivity index (χ4v) is 5.17. The van der Waals surface area contributed by atoms with Crippen molar-refractivity contribution < 1.29 is 22.1 Å². The molecular formula is C21H25FN6O5S. The molecule has 3 aromatic rings. The average Bonchev–Trinajstić information content (AvgIpc) is 3.34. The highest BCUT2D eigenvalue weighted by atomic mass is 32.2. The maximum absolute atomic E-state index is 15.0.